The molecule has 164 valence electrons. The molecule has 14 heteroatoms. The van der Waals surface area contributed by atoms with Gasteiger partial charge in [0.15, 0.2) is 0 Å². The van der Waals surface area contributed by atoms with Crippen LogP contribution in [0.5, 0.6) is 0 Å². The molecule has 1 aromatic rings. The third kappa shape index (κ3) is 3.26. The van der Waals surface area contributed by atoms with Crippen LogP contribution >= 0.6 is 11.8 Å². The molecule has 3 aliphatic heterocycles. The highest BCUT2D eigenvalue weighted by Gasteiger charge is 2.64. The second-order valence-corrected chi connectivity index (χ2v) is 8.72. The van der Waals surface area contributed by atoms with Gasteiger partial charge in [-0.1, -0.05) is 11.8 Å². The lowest BCUT2D eigenvalue weighted by molar-refractivity contribution is -0.192. The Bertz CT molecular complexity index is 1020. The summed E-state index contributed by atoms with van der Waals surface area (Å²) >= 11 is 1.16. The lowest BCUT2D eigenvalue weighted by Gasteiger charge is -2.52. The van der Waals surface area contributed by atoms with E-state index in [-0.39, 0.29) is 42.6 Å². The first-order valence-electron chi connectivity index (χ1n) is 9.73. The Morgan fingerprint density at radius 1 is 1.32 bits per heavy atom. The molecule has 2 saturated heterocycles. The van der Waals surface area contributed by atoms with Crippen LogP contribution in [0.4, 0.5) is 0 Å². The van der Waals surface area contributed by atoms with E-state index in [0.29, 0.717) is 10.7 Å². The number of carboxylic acid groups (broad SMARTS) is 1. The zero-order valence-electron chi connectivity index (χ0n) is 16.4. The zero-order valence-corrected chi connectivity index (χ0v) is 17.2. The first-order chi connectivity index (χ1) is 14.9. The molecule has 4 heterocycles. The van der Waals surface area contributed by atoms with E-state index in [0.717, 1.165) is 24.6 Å². The molecule has 2 N–H and O–H groups in total. The summed E-state index contributed by atoms with van der Waals surface area (Å²) in [7, 11) is 0. The number of amides is 3. The first kappa shape index (κ1) is 19.9. The van der Waals surface area contributed by atoms with Crippen molar-refractivity contribution < 1.29 is 29.0 Å². The molecule has 3 fully saturated rings. The van der Waals surface area contributed by atoms with Gasteiger partial charge in [-0.05, 0) is 23.3 Å². The normalized spacial score (nSPS) is 26.6. The van der Waals surface area contributed by atoms with Gasteiger partial charge in [-0.2, -0.15) is 0 Å². The number of ether oxygens (including phenoxy) is 1. The Labute approximate surface area is 179 Å². The number of carbonyl (C=O) groups is 4. The van der Waals surface area contributed by atoms with Gasteiger partial charge in [0, 0.05) is 24.3 Å². The predicted octanol–water partition coefficient (Wildman–Crippen LogP) is -1.82. The number of thioether (sulfide) groups is 1. The third-order valence-electron chi connectivity index (χ3n) is 5.74. The molecule has 5 rings (SSSR count). The molecule has 0 aromatic carbocycles. The van der Waals surface area contributed by atoms with Gasteiger partial charge in [0.05, 0.1) is 6.04 Å². The van der Waals surface area contributed by atoms with E-state index in [4.69, 9.17) is 4.74 Å². The second kappa shape index (κ2) is 7.30. The highest BCUT2D eigenvalue weighted by Crippen LogP contribution is 2.46. The molecule has 13 nitrogen and oxygen atoms in total. The Kier molecular flexibility index (Phi) is 4.69. The summed E-state index contributed by atoms with van der Waals surface area (Å²) in [5, 5.41) is 24.3. The van der Waals surface area contributed by atoms with Gasteiger partial charge in [0.1, 0.15) is 31.1 Å². The van der Waals surface area contributed by atoms with Crippen molar-refractivity contribution in [2.45, 2.75) is 55.7 Å². The van der Waals surface area contributed by atoms with Crippen molar-refractivity contribution in [1.82, 2.24) is 35.3 Å². The maximum atomic E-state index is 12.6. The summed E-state index contributed by atoms with van der Waals surface area (Å²) in [6.07, 6.45) is 1.31. The van der Waals surface area contributed by atoms with Gasteiger partial charge in [-0.15, -0.1) is 5.10 Å². The largest absolute Gasteiger partial charge is 0.477 e. The monoisotopic (exact) mass is 449 g/mol. The SMILES string of the molecule is CC(=O)N1CO[C@H]2C(CSc3nnnn3CC(=O)NC3CC3)=C(C(=O)O)N3C(=O)C1[C@@H]23. The average Bonchev–Trinajstić information content (AvgIpc) is 3.32. The molecule has 3 atom stereocenters. The van der Waals surface area contributed by atoms with E-state index in [1.54, 1.807) is 0 Å². The quantitative estimate of drug-likeness (QED) is 0.358. The Morgan fingerprint density at radius 3 is 2.77 bits per heavy atom. The minimum Gasteiger partial charge on any atom is -0.477 e. The second-order valence-electron chi connectivity index (χ2n) is 7.78. The van der Waals surface area contributed by atoms with E-state index in [1.165, 1.54) is 21.4 Å². The van der Waals surface area contributed by atoms with Crippen LogP contribution in [0.2, 0.25) is 0 Å². The van der Waals surface area contributed by atoms with Gasteiger partial charge in [0.25, 0.3) is 5.91 Å². The van der Waals surface area contributed by atoms with Gasteiger partial charge in [0.2, 0.25) is 17.0 Å². The Balaban J connectivity index is 1.33. The number of carbonyl (C=O) groups excluding carboxylic acids is 3. The number of carboxylic acids is 1. The highest BCUT2D eigenvalue weighted by atomic mass is 32.2. The van der Waals surface area contributed by atoms with E-state index in [2.05, 4.69) is 20.8 Å². The van der Waals surface area contributed by atoms with Gasteiger partial charge in [-0.25, -0.2) is 9.48 Å². The van der Waals surface area contributed by atoms with Gasteiger partial charge >= 0.3 is 5.97 Å². The van der Waals surface area contributed by atoms with Crippen molar-refractivity contribution in [2.24, 2.45) is 0 Å². The van der Waals surface area contributed by atoms with E-state index < -0.39 is 30.1 Å². The fourth-order valence-electron chi connectivity index (χ4n) is 4.16. The van der Waals surface area contributed by atoms with Crippen LogP contribution in [-0.4, -0.2) is 95.5 Å². The molecule has 1 aromatic heterocycles. The fourth-order valence-corrected chi connectivity index (χ4v) is 5.09. The van der Waals surface area contributed by atoms with Crippen LogP contribution in [0.3, 0.4) is 0 Å². The number of hydrogen-bond donors (Lipinski definition) is 2. The van der Waals surface area contributed by atoms with Crippen LogP contribution in [0.1, 0.15) is 19.8 Å². The number of tetrazole rings is 1. The van der Waals surface area contributed by atoms with Crippen molar-refractivity contribution in [3.05, 3.63) is 11.3 Å². The van der Waals surface area contributed by atoms with Crippen molar-refractivity contribution in [1.29, 1.82) is 0 Å². The summed E-state index contributed by atoms with van der Waals surface area (Å²) in [5.74, 6) is -2.00. The molecule has 3 amide bonds. The molecule has 0 radical (unpaired) electrons. The minimum absolute atomic E-state index is 0.0422. The van der Waals surface area contributed by atoms with Crippen LogP contribution in [0, 0.1) is 0 Å². The molecular weight excluding hydrogens is 430 g/mol. The summed E-state index contributed by atoms with van der Waals surface area (Å²) in [6.45, 7) is 1.22. The molecule has 0 bridgehead atoms. The Hall–Kier alpha value is -3.00. The zero-order chi connectivity index (χ0) is 21.9. The number of aromatic nitrogens is 4. The van der Waals surface area contributed by atoms with Crippen LogP contribution < -0.4 is 5.32 Å². The van der Waals surface area contributed by atoms with Gasteiger partial charge < -0.3 is 20.1 Å². The third-order valence-corrected chi connectivity index (χ3v) is 6.74. The summed E-state index contributed by atoms with van der Waals surface area (Å²) < 4.78 is 7.14. The molecular formula is C17H19N7O6S. The minimum atomic E-state index is -1.24. The number of rotatable bonds is 7. The number of β-lactam (4-membered cyclic amide) rings is 1. The van der Waals surface area contributed by atoms with Crippen molar-refractivity contribution in [2.75, 3.05) is 12.5 Å². The molecule has 1 unspecified atom stereocenters. The van der Waals surface area contributed by atoms with Crippen LogP contribution in [0.15, 0.2) is 16.4 Å². The standard InChI is InChI=1S/C17H19N7O6S/c1-7(25)22-6-30-14-9(11(16(28)29)24-12(14)13(22)15(24)27)5-31-17-19-20-21-23(17)4-10(26)18-8-2-3-8/h8,12-14H,2-6H2,1H3,(H,18,26)(H,28,29)/t12-,13?,14-/m0/s1. The maximum Gasteiger partial charge on any atom is 0.352 e. The summed E-state index contributed by atoms with van der Waals surface area (Å²) in [5.41, 5.74) is 0.304. The number of hydrogen-bond acceptors (Lipinski definition) is 9. The summed E-state index contributed by atoms with van der Waals surface area (Å²) in [4.78, 5) is 51.0. The number of nitrogens with zero attached hydrogens (tertiary/aromatic N) is 6. The van der Waals surface area contributed by atoms with E-state index in [9.17, 15) is 24.3 Å². The van der Waals surface area contributed by atoms with Crippen molar-refractivity contribution in [3.8, 4) is 0 Å². The van der Waals surface area contributed by atoms with E-state index >= 15 is 0 Å². The molecule has 4 aliphatic rings. The molecule has 0 spiro atoms. The lowest BCUT2D eigenvalue weighted by Crippen LogP contribution is -2.75. The van der Waals surface area contributed by atoms with Crippen molar-refractivity contribution in [3.63, 3.8) is 0 Å². The Morgan fingerprint density at radius 2 is 2.10 bits per heavy atom. The predicted molar refractivity (Wildman–Crippen MR) is 101 cm³/mol. The van der Waals surface area contributed by atoms with E-state index in [1.807, 2.05) is 0 Å². The van der Waals surface area contributed by atoms with Crippen molar-refractivity contribution >= 4 is 35.5 Å². The first-order valence-corrected chi connectivity index (χ1v) is 10.7. The number of aliphatic carboxylic acids is 1. The van der Waals surface area contributed by atoms with Crippen LogP contribution in [0.25, 0.3) is 0 Å². The molecule has 31 heavy (non-hydrogen) atoms. The topological polar surface area (TPSA) is 160 Å². The van der Waals surface area contributed by atoms with Gasteiger partial charge in [-0.3, -0.25) is 19.3 Å². The fraction of sp³-hybridized carbons (Fsp3) is 0.588. The molecule has 1 aliphatic carbocycles. The maximum absolute atomic E-state index is 12.6. The summed E-state index contributed by atoms with van der Waals surface area (Å²) in [6, 6.07) is -1.05. The number of nitrogens with one attached hydrogen (secondary N) is 1. The highest BCUT2D eigenvalue weighted by molar-refractivity contribution is 7.99. The lowest BCUT2D eigenvalue weighted by atomic mass is 9.89. The van der Waals surface area contributed by atoms with Crippen LogP contribution in [-0.2, 0) is 30.5 Å². The molecule has 1 saturated carbocycles. The smallest absolute Gasteiger partial charge is 0.352 e. The average molecular weight is 449 g/mol.